The summed E-state index contributed by atoms with van der Waals surface area (Å²) in [4.78, 5) is 12.4. The van der Waals surface area contributed by atoms with Crippen LogP contribution in [0.15, 0.2) is 0 Å². The van der Waals surface area contributed by atoms with Crippen molar-refractivity contribution >= 4 is 23.5 Å². The lowest BCUT2D eigenvalue weighted by molar-refractivity contribution is 0.304. The van der Waals surface area contributed by atoms with Crippen LogP contribution in [0.3, 0.4) is 0 Å². The van der Waals surface area contributed by atoms with E-state index in [9.17, 15) is 0 Å². The van der Waals surface area contributed by atoms with E-state index >= 15 is 0 Å². The predicted octanol–water partition coefficient (Wildman–Crippen LogP) is 2.70. The Morgan fingerprint density at radius 1 is 1.24 bits per heavy atom. The van der Waals surface area contributed by atoms with Crippen LogP contribution >= 0.6 is 11.6 Å². The maximum atomic E-state index is 5.88. The Morgan fingerprint density at radius 2 is 1.94 bits per heavy atom. The van der Waals surface area contributed by atoms with Crippen LogP contribution < -0.4 is 10.6 Å². The van der Waals surface area contributed by atoms with Gasteiger partial charge in [0, 0.05) is 12.1 Å². The summed E-state index contributed by atoms with van der Waals surface area (Å²) in [5.41, 5.74) is 0.118. The molecule has 5 nitrogen and oxygen atoms in total. The third kappa shape index (κ3) is 3.19. The van der Waals surface area contributed by atoms with E-state index in [1.54, 1.807) is 0 Å². The van der Waals surface area contributed by atoms with Gasteiger partial charge < -0.3 is 10.6 Å². The molecule has 1 heterocycles. The Morgan fingerprint density at radius 3 is 2.53 bits per heavy atom. The molecule has 0 spiro atoms. The van der Waals surface area contributed by atoms with E-state index in [2.05, 4.69) is 39.4 Å². The molecule has 0 aromatic carbocycles. The quantitative estimate of drug-likeness (QED) is 0.847. The fourth-order valence-electron chi connectivity index (χ4n) is 1.82. The van der Waals surface area contributed by atoms with Gasteiger partial charge in [0.2, 0.25) is 17.2 Å². The van der Waals surface area contributed by atoms with Gasteiger partial charge in [0.05, 0.1) is 0 Å². The van der Waals surface area contributed by atoms with Crippen LogP contribution in [0.25, 0.3) is 0 Å². The van der Waals surface area contributed by atoms with Crippen molar-refractivity contribution in [3.63, 3.8) is 0 Å². The summed E-state index contributed by atoms with van der Waals surface area (Å²) in [6.45, 7) is 5.09. The molecule has 1 aromatic heterocycles. The second kappa shape index (κ2) is 5.04. The number of rotatable bonds is 5. The van der Waals surface area contributed by atoms with Crippen LogP contribution in [0, 0.1) is 0 Å². The Labute approximate surface area is 106 Å². The molecule has 0 atom stereocenters. The SMILES string of the molecule is CCCNc1nc(Cl)nc(NC2(C)CCC2)n1. The van der Waals surface area contributed by atoms with Gasteiger partial charge in [-0.2, -0.15) is 15.0 Å². The minimum Gasteiger partial charge on any atom is -0.354 e. The monoisotopic (exact) mass is 255 g/mol. The molecule has 0 amide bonds. The topological polar surface area (TPSA) is 62.7 Å². The molecule has 1 saturated carbocycles. The fraction of sp³-hybridized carbons (Fsp3) is 0.727. The zero-order valence-corrected chi connectivity index (χ0v) is 11.0. The van der Waals surface area contributed by atoms with Crippen LogP contribution in [-0.2, 0) is 0 Å². The number of hydrogen-bond donors (Lipinski definition) is 2. The highest BCUT2D eigenvalue weighted by Crippen LogP contribution is 2.33. The van der Waals surface area contributed by atoms with Crippen molar-refractivity contribution < 1.29 is 0 Å². The molecule has 17 heavy (non-hydrogen) atoms. The lowest BCUT2D eigenvalue weighted by atomic mass is 9.79. The van der Waals surface area contributed by atoms with Crippen LogP contribution in [0.5, 0.6) is 0 Å². The summed E-state index contributed by atoms with van der Waals surface area (Å²) < 4.78 is 0. The lowest BCUT2D eigenvalue weighted by Gasteiger charge is -2.39. The first-order valence-corrected chi connectivity index (χ1v) is 6.43. The molecule has 6 heteroatoms. The fourth-order valence-corrected chi connectivity index (χ4v) is 1.98. The minimum atomic E-state index is 0.118. The molecule has 0 radical (unpaired) electrons. The summed E-state index contributed by atoms with van der Waals surface area (Å²) in [6.07, 6.45) is 4.56. The van der Waals surface area contributed by atoms with Crippen LogP contribution in [0.1, 0.15) is 39.5 Å². The van der Waals surface area contributed by atoms with Gasteiger partial charge >= 0.3 is 0 Å². The standard InChI is InChI=1S/C11H18ClN5/c1-3-7-13-9-14-8(12)15-10(16-9)17-11(2)5-4-6-11/h3-7H2,1-2H3,(H2,13,14,15,16,17). The molecule has 94 valence electrons. The Hall–Kier alpha value is -1.10. The number of anilines is 2. The van der Waals surface area contributed by atoms with Crippen molar-refractivity contribution in [2.75, 3.05) is 17.2 Å². The maximum absolute atomic E-state index is 5.88. The summed E-state index contributed by atoms with van der Waals surface area (Å²) in [5, 5.41) is 6.66. The summed E-state index contributed by atoms with van der Waals surface area (Å²) in [7, 11) is 0. The smallest absolute Gasteiger partial charge is 0.229 e. The highest BCUT2D eigenvalue weighted by Gasteiger charge is 2.32. The zero-order valence-electron chi connectivity index (χ0n) is 10.3. The van der Waals surface area contributed by atoms with Gasteiger partial charge in [0.25, 0.3) is 0 Å². The third-order valence-corrected chi connectivity index (χ3v) is 3.18. The third-order valence-electron chi connectivity index (χ3n) is 3.01. The first kappa shape index (κ1) is 12.4. The number of nitrogens with one attached hydrogen (secondary N) is 2. The highest BCUT2D eigenvalue weighted by atomic mass is 35.5. The van der Waals surface area contributed by atoms with Crippen molar-refractivity contribution in [3.8, 4) is 0 Å². The molecule has 1 aromatic rings. The number of aromatic nitrogens is 3. The summed E-state index contributed by atoms with van der Waals surface area (Å²) in [5.74, 6) is 1.10. The van der Waals surface area contributed by atoms with Gasteiger partial charge in [-0.15, -0.1) is 0 Å². The van der Waals surface area contributed by atoms with E-state index in [1.807, 2.05) is 0 Å². The average molecular weight is 256 g/mol. The Kier molecular flexibility index (Phi) is 3.66. The molecule has 0 aliphatic heterocycles. The maximum Gasteiger partial charge on any atom is 0.229 e. The van der Waals surface area contributed by atoms with Gasteiger partial charge in [0.15, 0.2) is 0 Å². The van der Waals surface area contributed by atoms with Crippen molar-refractivity contribution in [1.29, 1.82) is 0 Å². The largest absolute Gasteiger partial charge is 0.354 e. The Bertz CT molecular complexity index is 391. The second-order valence-electron chi connectivity index (χ2n) is 4.72. The molecule has 0 unspecified atom stereocenters. The number of hydrogen-bond acceptors (Lipinski definition) is 5. The molecule has 0 saturated heterocycles. The average Bonchev–Trinajstić information content (AvgIpc) is 2.23. The molecule has 2 N–H and O–H groups in total. The van der Waals surface area contributed by atoms with E-state index in [1.165, 1.54) is 6.42 Å². The first-order chi connectivity index (χ1) is 8.11. The van der Waals surface area contributed by atoms with Crippen molar-refractivity contribution in [3.05, 3.63) is 5.28 Å². The van der Waals surface area contributed by atoms with Gasteiger partial charge in [-0.3, -0.25) is 0 Å². The summed E-state index contributed by atoms with van der Waals surface area (Å²) in [6, 6.07) is 0. The number of nitrogens with zero attached hydrogens (tertiary/aromatic N) is 3. The van der Waals surface area contributed by atoms with E-state index in [-0.39, 0.29) is 10.8 Å². The van der Waals surface area contributed by atoms with Crippen molar-refractivity contribution in [2.45, 2.75) is 45.1 Å². The number of halogens is 1. The van der Waals surface area contributed by atoms with Crippen LogP contribution in [0.2, 0.25) is 5.28 Å². The molecule has 1 aliphatic carbocycles. The van der Waals surface area contributed by atoms with Gasteiger partial charge in [-0.05, 0) is 44.2 Å². The van der Waals surface area contributed by atoms with Crippen molar-refractivity contribution in [2.24, 2.45) is 0 Å². The van der Waals surface area contributed by atoms with Gasteiger partial charge in [-0.1, -0.05) is 6.92 Å². The molecule has 1 aliphatic rings. The first-order valence-electron chi connectivity index (χ1n) is 6.05. The molecular weight excluding hydrogens is 238 g/mol. The van der Waals surface area contributed by atoms with Gasteiger partial charge in [0.1, 0.15) is 0 Å². The molecule has 0 bridgehead atoms. The highest BCUT2D eigenvalue weighted by molar-refractivity contribution is 6.28. The molecular formula is C11H18ClN5. The minimum absolute atomic E-state index is 0.118. The van der Waals surface area contributed by atoms with E-state index in [4.69, 9.17) is 11.6 Å². The van der Waals surface area contributed by atoms with E-state index in [0.717, 1.165) is 25.8 Å². The summed E-state index contributed by atoms with van der Waals surface area (Å²) >= 11 is 5.88. The molecule has 1 fully saturated rings. The molecule has 2 rings (SSSR count). The van der Waals surface area contributed by atoms with E-state index in [0.29, 0.717) is 11.9 Å². The van der Waals surface area contributed by atoms with Crippen LogP contribution in [0.4, 0.5) is 11.9 Å². The van der Waals surface area contributed by atoms with Crippen LogP contribution in [-0.4, -0.2) is 27.0 Å². The normalized spacial score (nSPS) is 17.4. The Balaban J connectivity index is 2.08. The zero-order chi connectivity index (χ0) is 12.3. The van der Waals surface area contributed by atoms with E-state index < -0.39 is 0 Å². The predicted molar refractivity (Wildman–Crippen MR) is 69.5 cm³/mol. The van der Waals surface area contributed by atoms with Crippen molar-refractivity contribution in [1.82, 2.24) is 15.0 Å². The van der Waals surface area contributed by atoms with Gasteiger partial charge in [-0.25, -0.2) is 0 Å². The second-order valence-corrected chi connectivity index (χ2v) is 5.06. The lowest BCUT2D eigenvalue weighted by Crippen LogP contribution is -2.42.